The second kappa shape index (κ2) is 6.83. The van der Waals surface area contributed by atoms with Crippen LogP contribution in [0.15, 0.2) is 41.5 Å². The van der Waals surface area contributed by atoms with Gasteiger partial charge < -0.3 is 14.6 Å². The van der Waals surface area contributed by atoms with Crippen molar-refractivity contribution in [3.8, 4) is 5.75 Å². The maximum atomic E-state index is 12.0. The molecule has 0 aliphatic rings. The molecule has 2 rings (SSSR count). The number of nitrogens with zero attached hydrogens (tertiary/aromatic N) is 2. The molecule has 2 aromatic rings. The second-order valence-electron chi connectivity index (χ2n) is 4.22. The number of rotatable bonds is 6. The molecule has 0 aliphatic heterocycles. The number of nitrogens with one attached hydrogen (secondary N) is 1. The number of anilines is 2. The Labute approximate surface area is 120 Å². The minimum Gasteiger partial charge on any atom is -0.488 e. The van der Waals surface area contributed by atoms with Gasteiger partial charge in [-0.2, -0.15) is 0 Å². The molecule has 5 nitrogen and oxygen atoms in total. The molecule has 0 unspecified atom stereocenters. The lowest BCUT2D eigenvalue weighted by atomic mass is 10.3. The average Bonchev–Trinajstić information content (AvgIpc) is 2.48. The van der Waals surface area contributed by atoms with Crippen molar-refractivity contribution < 1.29 is 13.5 Å². The third-order valence-electron chi connectivity index (χ3n) is 2.75. The molecule has 1 N–H and O–H groups in total. The van der Waals surface area contributed by atoms with Gasteiger partial charge in [-0.05, 0) is 31.2 Å². The third-order valence-corrected chi connectivity index (χ3v) is 2.75. The summed E-state index contributed by atoms with van der Waals surface area (Å²) in [6.07, 6.45) is 0.631. The summed E-state index contributed by atoms with van der Waals surface area (Å²) in [6, 6.07) is 6.36. The first-order valence-electron chi connectivity index (χ1n) is 6.43. The number of halogens is 2. The van der Waals surface area contributed by atoms with Crippen molar-refractivity contribution in [1.29, 1.82) is 0 Å². The Balaban J connectivity index is 2.08. The molecule has 0 atom stereocenters. The standard InChI is InChI=1S/C14H15F2N3O2/c1-2-19-8-7-17-13(14(19)20)18-10-3-5-11(6-4-10)21-9-12(15)16/h3-8,12H,2,9H2,1H3,(H,17,18). The molecule has 1 heterocycles. The highest BCUT2D eigenvalue weighted by atomic mass is 19.3. The van der Waals surface area contributed by atoms with Gasteiger partial charge in [0.15, 0.2) is 5.82 Å². The van der Waals surface area contributed by atoms with Gasteiger partial charge in [-0.3, -0.25) is 4.79 Å². The topological polar surface area (TPSA) is 56.1 Å². The zero-order valence-electron chi connectivity index (χ0n) is 11.4. The summed E-state index contributed by atoms with van der Waals surface area (Å²) in [5, 5.41) is 2.89. The fourth-order valence-electron chi connectivity index (χ4n) is 1.71. The number of hydrogen-bond donors (Lipinski definition) is 1. The largest absolute Gasteiger partial charge is 0.488 e. The van der Waals surface area contributed by atoms with Crippen LogP contribution in [-0.4, -0.2) is 22.6 Å². The van der Waals surface area contributed by atoms with Crippen LogP contribution < -0.4 is 15.6 Å². The molecule has 0 amide bonds. The maximum Gasteiger partial charge on any atom is 0.293 e. The van der Waals surface area contributed by atoms with Crippen molar-refractivity contribution in [3.63, 3.8) is 0 Å². The number of aromatic nitrogens is 2. The van der Waals surface area contributed by atoms with Gasteiger partial charge in [0.25, 0.3) is 12.0 Å². The molecule has 0 fully saturated rings. The third kappa shape index (κ3) is 4.01. The minimum absolute atomic E-state index is 0.209. The zero-order valence-corrected chi connectivity index (χ0v) is 11.4. The van der Waals surface area contributed by atoms with Crippen molar-refractivity contribution in [1.82, 2.24) is 9.55 Å². The Morgan fingerprint density at radius 1 is 1.33 bits per heavy atom. The molecule has 7 heteroatoms. The van der Waals surface area contributed by atoms with Gasteiger partial charge >= 0.3 is 0 Å². The second-order valence-corrected chi connectivity index (χ2v) is 4.22. The fourth-order valence-corrected chi connectivity index (χ4v) is 1.71. The Bertz CT molecular complexity index is 641. The lowest BCUT2D eigenvalue weighted by Crippen LogP contribution is -2.22. The van der Waals surface area contributed by atoms with Gasteiger partial charge in [-0.1, -0.05) is 0 Å². The van der Waals surface area contributed by atoms with Gasteiger partial charge in [-0.25, -0.2) is 13.8 Å². The van der Waals surface area contributed by atoms with Crippen LogP contribution >= 0.6 is 0 Å². The first-order valence-corrected chi connectivity index (χ1v) is 6.43. The van der Waals surface area contributed by atoms with Crippen LogP contribution in [0.1, 0.15) is 6.92 Å². The van der Waals surface area contributed by atoms with E-state index in [1.54, 1.807) is 30.5 Å². The molecule has 1 aromatic heterocycles. The number of hydrogen-bond acceptors (Lipinski definition) is 4. The smallest absolute Gasteiger partial charge is 0.293 e. The van der Waals surface area contributed by atoms with E-state index >= 15 is 0 Å². The highest BCUT2D eigenvalue weighted by molar-refractivity contribution is 5.56. The lowest BCUT2D eigenvalue weighted by Gasteiger charge is -2.09. The van der Waals surface area contributed by atoms with Crippen molar-refractivity contribution in [3.05, 3.63) is 47.0 Å². The Kier molecular flexibility index (Phi) is 4.86. The number of aryl methyl sites for hydroxylation is 1. The summed E-state index contributed by atoms with van der Waals surface area (Å²) >= 11 is 0. The molecule has 112 valence electrons. The van der Waals surface area contributed by atoms with Gasteiger partial charge in [0, 0.05) is 24.6 Å². The summed E-state index contributed by atoms with van der Waals surface area (Å²) in [5.41, 5.74) is 0.399. The van der Waals surface area contributed by atoms with Crippen LogP contribution in [0.3, 0.4) is 0 Å². The highest BCUT2D eigenvalue weighted by Crippen LogP contribution is 2.18. The molecule has 0 saturated carbocycles. The summed E-state index contributed by atoms with van der Waals surface area (Å²) < 4.78 is 30.4. The zero-order chi connectivity index (χ0) is 15.2. The maximum absolute atomic E-state index is 12.0. The molecule has 1 aromatic carbocycles. The van der Waals surface area contributed by atoms with Crippen LogP contribution in [0, 0.1) is 0 Å². The predicted molar refractivity (Wildman–Crippen MR) is 75.4 cm³/mol. The van der Waals surface area contributed by atoms with E-state index < -0.39 is 13.0 Å². The van der Waals surface area contributed by atoms with E-state index in [9.17, 15) is 13.6 Å². The van der Waals surface area contributed by atoms with Gasteiger partial charge in [0.2, 0.25) is 0 Å². The Morgan fingerprint density at radius 3 is 2.67 bits per heavy atom. The molecule has 0 saturated heterocycles. The summed E-state index contributed by atoms with van der Waals surface area (Å²) in [6.45, 7) is 1.77. The van der Waals surface area contributed by atoms with E-state index in [4.69, 9.17) is 4.74 Å². The summed E-state index contributed by atoms with van der Waals surface area (Å²) in [4.78, 5) is 16.0. The first kappa shape index (κ1) is 15.0. The normalized spacial score (nSPS) is 10.7. The van der Waals surface area contributed by atoms with Crippen molar-refractivity contribution in [2.24, 2.45) is 0 Å². The SMILES string of the molecule is CCn1ccnc(Nc2ccc(OCC(F)F)cc2)c1=O. The van der Waals surface area contributed by atoms with Gasteiger partial charge in [-0.15, -0.1) is 0 Å². The monoisotopic (exact) mass is 295 g/mol. The average molecular weight is 295 g/mol. The highest BCUT2D eigenvalue weighted by Gasteiger charge is 2.06. The Morgan fingerprint density at radius 2 is 2.05 bits per heavy atom. The first-order chi connectivity index (χ1) is 10.1. The van der Waals surface area contributed by atoms with E-state index in [0.29, 0.717) is 18.0 Å². The number of alkyl halides is 2. The molecular weight excluding hydrogens is 280 g/mol. The van der Waals surface area contributed by atoms with E-state index in [0.717, 1.165) is 0 Å². The molecule has 0 spiro atoms. The number of benzene rings is 1. The van der Waals surface area contributed by atoms with Crippen molar-refractivity contribution in [2.75, 3.05) is 11.9 Å². The van der Waals surface area contributed by atoms with E-state index in [-0.39, 0.29) is 11.4 Å². The summed E-state index contributed by atoms with van der Waals surface area (Å²) in [5.74, 6) is 0.549. The lowest BCUT2D eigenvalue weighted by molar-refractivity contribution is 0.0819. The molecule has 0 bridgehead atoms. The minimum atomic E-state index is -2.51. The van der Waals surface area contributed by atoms with Gasteiger partial charge in [0.05, 0.1) is 0 Å². The molecule has 21 heavy (non-hydrogen) atoms. The molecular formula is C14H15F2N3O2. The predicted octanol–water partition coefficient (Wildman–Crippen LogP) is 2.65. The van der Waals surface area contributed by atoms with E-state index in [1.165, 1.54) is 10.8 Å². The summed E-state index contributed by atoms with van der Waals surface area (Å²) in [7, 11) is 0. The fraction of sp³-hybridized carbons (Fsp3) is 0.286. The van der Waals surface area contributed by atoms with Crippen LogP contribution in [0.5, 0.6) is 5.75 Å². The quantitative estimate of drug-likeness (QED) is 0.890. The van der Waals surface area contributed by atoms with Crippen LogP contribution in [0.25, 0.3) is 0 Å². The number of ether oxygens (including phenoxy) is 1. The van der Waals surface area contributed by atoms with Crippen molar-refractivity contribution >= 4 is 11.5 Å². The molecule has 0 aliphatic carbocycles. The Hall–Kier alpha value is -2.44. The van der Waals surface area contributed by atoms with Crippen LogP contribution in [0.4, 0.5) is 20.3 Å². The van der Waals surface area contributed by atoms with Crippen molar-refractivity contribution in [2.45, 2.75) is 19.9 Å². The van der Waals surface area contributed by atoms with E-state index in [1.807, 2.05) is 6.92 Å². The molecule has 0 radical (unpaired) electrons. The van der Waals surface area contributed by atoms with Crippen LogP contribution in [-0.2, 0) is 6.54 Å². The van der Waals surface area contributed by atoms with Gasteiger partial charge in [0.1, 0.15) is 12.4 Å². The van der Waals surface area contributed by atoms with Crippen LogP contribution in [0.2, 0.25) is 0 Å². The van der Waals surface area contributed by atoms with E-state index in [2.05, 4.69) is 10.3 Å².